The van der Waals surface area contributed by atoms with Crippen molar-refractivity contribution in [1.82, 2.24) is 0 Å². The van der Waals surface area contributed by atoms with Crippen LogP contribution in [-0.2, 0) is 6.61 Å². The number of hydrogen-bond donors (Lipinski definition) is 0. The number of rotatable bonds is 4. The van der Waals surface area contributed by atoms with Crippen LogP contribution in [0.2, 0.25) is 0 Å². The maximum absolute atomic E-state index is 14.2. The third-order valence-electron chi connectivity index (χ3n) is 3.38. The summed E-state index contributed by atoms with van der Waals surface area (Å²) < 4.78 is 47.1. The van der Waals surface area contributed by atoms with E-state index in [1.165, 1.54) is 18.2 Å². The maximum atomic E-state index is 14.2. The molecule has 3 rings (SSSR count). The molecule has 23 heavy (non-hydrogen) atoms. The lowest BCUT2D eigenvalue weighted by molar-refractivity contribution is 0.303. The Bertz CT molecular complexity index is 793. The summed E-state index contributed by atoms with van der Waals surface area (Å²) in [7, 11) is 0. The Morgan fingerprint density at radius 3 is 2.09 bits per heavy atom. The van der Waals surface area contributed by atoms with Crippen LogP contribution in [0.15, 0.2) is 66.7 Å². The van der Waals surface area contributed by atoms with Crippen LogP contribution in [-0.4, -0.2) is 0 Å². The van der Waals surface area contributed by atoms with Crippen LogP contribution < -0.4 is 4.74 Å². The van der Waals surface area contributed by atoms with E-state index < -0.39 is 17.5 Å². The summed E-state index contributed by atoms with van der Waals surface area (Å²) in [6.45, 7) is 0.207. The number of hydrogen-bond acceptors (Lipinski definition) is 1. The summed E-state index contributed by atoms with van der Waals surface area (Å²) in [6.07, 6.45) is 0. The van der Waals surface area contributed by atoms with Gasteiger partial charge in [-0.15, -0.1) is 0 Å². The average molecular weight is 314 g/mol. The molecule has 0 N–H and O–H groups in total. The summed E-state index contributed by atoms with van der Waals surface area (Å²) in [4.78, 5) is 0. The molecule has 0 aliphatic carbocycles. The standard InChI is InChI=1S/C19H13F3O/c20-15-8-4-7-14(9-15)19-17(21)10-16(11-18(19)22)23-12-13-5-2-1-3-6-13/h1-11H,12H2. The van der Waals surface area contributed by atoms with Gasteiger partial charge in [-0.3, -0.25) is 0 Å². The Labute approximate surface area is 132 Å². The van der Waals surface area contributed by atoms with Gasteiger partial charge in [0, 0.05) is 12.1 Å². The SMILES string of the molecule is Fc1cccc(-c2c(F)cc(OCc3ccccc3)cc2F)c1. The third-order valence-corrected chi connectivity index (χ3v) is 3.38. The zero-order chi connectivity index (χ0) is 16.2. The zero-order valence-electron chi connectivity index (χ0n) is 12.1. The molecule has 0 bridgehead atoms. The van der Waals surface area contributed by atoms with E-state index in [1.54, 1.807) is 0 Å². The van der Waals surface area contributed by atoms with Crippen molar-refractivity contribution in [2.24, 2.45) is 0 Å². The molecule has 0 aromatic heterocycles. The monoisotopic (exact) mass is 314 g/mol. The van der Waals surface area contributed by atoms with Crippen molar-refractivity contribution >= 4 is 0 Å². The first kappa shape index (κ1) is 15.2. The highest BCUT2D eigenvalue weighted by atomic mass is 19.1. The second-order valence-electron chi connectivity index (χ2n) is 5.05. The summed E-state index contributed by atoms with van der Waals surface area (Å²) in [5, 5.41) is 0. The van der Waals surface area contributed by atoms with Crippen molar-refractivity contribution in [2.75, 3.05) is 0 Å². The van der Waals surface area contributed by atoms with Crippen molar-refractivity contribution in [2.45, 2.75) is 6.61 Å². The molecule has 0 radical (unpaired) electrons. The highest BCUT2D eigenvalue weighted by molar-refractivity contribution is 5.65. The topological polar surface area (TPSA) is 9.23 Å². The molecule has 4 heteroatoms. The molecular weight excluding hydrogens is 301 g/mol. The molecule has 0 fully saturated rings. The summed E-state index contributed by atoms with van der Waals surface area (Å²) in [5.41, 5.74) is 0.772. The van der Waals surface area contributed by atoms with E-state index in [-0.39, 0.29) is 23.5 Å². The van der Waals surface area contributed by atoms with Gasteiger partial charge in [0.05, 0.1) is 5.56 Å². The number of benzene rings is 3. The highest BCUT2D eigenvalue weighted by Gasteiger charge is 2.14. The summed E-state index contributed by atoms with van der Waals surface area (Å²) >= 11 is 0. The van der Waals surface area contributed by atoms with E-state index in [0.29, 0.717) is 0 Å². The van der Waals surface area contributed by atoms with Crippen LogP contribution in [0.4, 0.5) is 13.2 Å². The van der Waals surface area contributed by atoms with Gasteiger partial charge in [0.25, 0.3) is 0 Å². The first-order chi connectivity index (χ1) is 11.1. The predicted octanol–water partition coefficient (Wildman–Crippen LogP) is 5.35. The van der Waals surface area contributed by atoms with Crippen molar-refractivity contribution in [1.29, 1.82) is 0 Å². The van der Waals surface area contributed by atoms with Crippen molar-refractivity contribution in [3.63, 3.8) is 0 Å². The van der Waals surface area contributed by atoms with Crippen LogP contribution in [0, 0.1) is 17.5 Å². The zero-order valence-corrected chi connectivity index (χ0v) is 12.1. The van der Waals surface area contributed by atoms with Gasteiger partial charge in [0.15, 0.2) is 0 Å². The Morgan fingerprint density at radius 2 is 1.43 bits per heavy atom. The van der Waals surface area contributed by atoms with E-state index in [9.17, 15) is 13.2 Å². The number of ether oxygens (including phenoxy) is 1. The minimum Gasteiger partial charge on any atom is -0.489 e. The van der Waals surface area contributed by atoms with Crippen molar-refractivity contribution in [3.8, 4) is 16.9 Å². The van der Waals surface area contributed by atoms with E-state index >= 15 is 0 Å². The molecule has 3 aromatic rings. The molecule has 0 spiro atoms. The summed E-state index contributed by atoms with van der Waals surface area (Å²) in [6, 6.07) is 16.7. The second kappa shape index (κ2) is 6.57. The molecular formula is C19H13F3O. The number of halogens is 3. The molecule has 0 unspecified atom stereocenters. The van der Waals surface area contributed by atoms with Crippen LogP contribution >= 0.6 is 0 Å². The normalized spacial score (nSPS) is 10.6. The van der Waals surface area contributed by atoms with Gasteiger partial charge >= 0.3 is 0 Å². The molecule has 0 saturated heterocycles. The van der Waals surface area contributed by atoms with Gasteiger partial charge in [0.2, 0.25) is 0 Å². The largest absolute Gasteiger partial charge is 0.489 e. The Kier molecular flexibility index (Phi) is 4.33. The lowest BCUT2D eigenvalue weighted by atomic mass is 10.0. The lowest BCUT2D eigenvalue weighted by Gasteiger charge is -2.10. The second-order valence-corrected chi connectivity index (χ2v) is 5.05. The maximum Gasteiger partial charge on any atom is 0.137 e. The Hall–Kier alpha value is -2.75. The van der Waals surface area contributed by atoms with E-state index in [2.05, 4.69) is 0 Å². The molecule has 0 amide bonds. The fourth-order valence-electron chi connectivity index (χ4n) is 2.29. The van der Waals surface area contributed by atoms with Gasteiger partial charge in [-0.25, -0.2) is 13.2 Å². The first-order valence-electron chi connectivity index (χ1n) is 7.05. The first-order valence-corrected chi connectivity index (χ1v) is 7.05. The minimum absolute atomic E-state index is 0.0870. The molecule has 0 heterocycles. The highest BCUT2D eigenvalue weighted by Crippen LogP contribution is 2.30. The van der Waals surface area contributed by atoms with E-state index in [4.69, 9.17) is 4.74 Å². The fourth-order valence-corrected chi connectivity index (χ4v) is 2.29. The smallest absolute Gasteiger partial charge is 0.137 e. The van der Waals surface area contributed by atoms with E-state index in [0.717, 1.165) is 23.8 Å². The summed E-state index contributed by atoms with van der Waals surface area (Å²) in [5.74, 6) is -2.05. The lowest BCUT2D eigenvalue weighted by Crippen LogP contribution is -1.98. The molecule has 0 atom stereocenters. The molecule has 0 saturated carbocycles. The van der Waals surface area contributed by atoms with Gasteiger partial charge in [-0.2, -0.15) is 0 Å². The van der Waals surface area contributed by atoms with Crippen LogP contribution in [0.1, 0.15) is 5.56 Å². The van der Waals surface area contributed by atoms with Crippen molar-refractivity contribution < 1.29 is 17.9 Å². The van der Waals surface area contributed by atoms with Gasteiger partial charge in [-0.05, 0) is 23.3 Å². The Morgan fingerprint density at radius 1 is 0.739 bits per heavy atom. The van der Waals surface area contributed by atoms with Crippen LogP contribution in [0.3, 0.4) is 0 Å². The molecule has 0 aliphatic rings. The van der Waals surface area contributed by atoms with Gasteiger partial charge in [0.1, 0.15) is 29.8 Å². The predicted molar refractivity (Wildman–Crippen MR) is 82.5 cm³/mol. The van der Waals surface area contributed by atoms with Crippen molar-refractivity contribution in [3.05, 3.63) is 89.7 Å². The third kappa shape index (κ3) is 3.54. The minimum atomic E-state index is -0.793. The van der Waals surface area contributed by atoms with Crippen LogP contribution in [0.25, 0.3) is 11.1 Å². The molecule has 116 valence electrons. The quantitative estimate of drug-likeness (QED) is 0.631. The molecule has 1 nitrogen and oxygen atoms in total. The molecule has 3 aromatic carbocycles. The van der Waals surface area contributed by atoms with Gasteiger partial charge < -0.3 is 4.74 Å². The van der Waals surface area contributed by atoms with Gasteiger partial charge in [-0.1, -0.05) is 42.5 Å². The van der Waals surface area contributed by atoms with Crippen LogP contribution in [0.5, 0.6) is 5.75 Å². The fraction of sp³-hybridized carbons (Fsp3) is 0.0526. The Balaban J connectivity index is 1.86. The molecule has 0 aliphatic heterocycles. The average Bonchev–Trinajstić information content (AvgIpc) is 2.53. The van der Waals surface area contributed by atoms with E-state index in [1.807, 2.05) is 30.3 Å².